The molecule has 1 fully saturated rings. The van der Waals surface area contributed by atoms with Crippen LogP contribution in [0.1, 0.15) is 26.3 Å². The van der Waals surface area contributed by atoms with Gasteiger partial charge in [0.1, 0.15) is 0 Å². The van der Waals surface area contributed by atoms with Crippen LogP contribution in [0.25, 0.3) is 0 Å². The van der Waals surface area contributed by atoms with E-state index in [0.717, 1.165) is 9.87 Å². The molecule has 2 amide bonds. The van der Waals surface area contributed by atoms with Crippen molar-refractivity contribution in [2.24, 2.45) is 0 Å². The van der Waals surface area contributed by atoms with Gasteiger partial charge in [-0.25, -0.2) is 12.7 Å². The van der Waals surface area contributed by atoms with E-state index in [-0.39, 0.29) is 22.9 Å². The molecule has 9 nitrogen and oxygen atoms in total. The number of rotatable bonds is 7. The molecular weight excluding hydrogens is 432 g/mol. The lowest BCUT2D eigenvalue weighted by molar-refractivity contribution is 0.0947. The van der Waals surface area contributed by atoms with E-state index in [2.05, 4.69) is 10.6 Å². The van der Waals surface area contributed by atoms with Crippen molar-refractivity contribution in [3.05, 3.63) is 59.2 Å². The predicted molar refractivity (Wildman–Crippen MR) is 121 cm³/mol. The third-order valence-electron chi connectivity index (χ3n) is 5.21. The van der Waals surface area contributed by atoms with E-state index in [1.807, 2.05) is 11.0 Å². The molecule has 0 aliphatic carbocycles. The molecule has 2 aromatic rings. The van der Waals surface area contributed by atoms with Gasteiger partial charge in [0.15, 0.2) is 0 Å². The molecule has 1 aliphatic heterocycles. The van der Waals surface area contributed by atoms with Crippen LogP contribution in [0.3, 0.4) is 0 Å². The fraction of sp³-hybridized carbons (Fsp3) is 0.364. The van der Waals surface area contributed by atoms with Crippen LogP contribution in [0, 0.1) is 0 Å². The third kappa shape index (κ3) is 5.26. The average Bonchev–Trinajstić information content (AvgIpc) is 2.82. The number of hydrogen-bond donors (Lipinski definition) is 2. The second-order valence-corrected chi connectivity index (χ2v) is 9.68. The van der Waals surface area contributed by atoms with Gasteiger partial charge in [0, 0.05) is 52.0 Å². The second-order valence-electron chi connectivity index (χ2n) is 7.53. The Hall–Kier alpha value is -2.95. The summed E-state index contributed by atoms with van der Waals surface area (Å²) < 4.78 is 31.8. The number of carbonyl (C=O) groups excluding carboxylic acids is 2. The van der Waals surface area contributed by atoms with Crippen LogP contribution >= 0.6 is 0 Å². The van der Waals surface area contributed by atoms with Gasteiger partial charge in [-0.15, -0.1) is 0 Å². The quantitative estimate of drug-likeness (QED) is 0.640. The Labute approximate surface area is 188 Å². The van der Waals surface area contributed by atoms with Crippen molar-refractivity contribution in [2.75, 3.05) is 52.3 Å². The fourth-order valence-electron chi connectivity index (χ4n) is 3.39. The number of benzene rings is 2. The van der Waals surface area contributed by atoms with Crippen LogP contribution in [0.2, 0.25) is 0 Å². The summed E-state index contributed by atoms with van der Waals surface area (Å²) in [7, 11) is 0.752. The molecule has 2 N–H and O–H groups in total. The molecule has 0 aromatic heterocycles. The first-order valence-corrected chi connectivity index (χ1v) is 11.7. The highest BCUT2D eigenvalue weighted by atomic mass is 32.2. The monoisotopic (exact) mass is 460 g/mol. The molecule has 32 heavy (non-hydrogen) atoms. The molecule has 1 heterocycles. The van der Waals surface area contributed by atoms with E-state index in [1.54, 1.807) is 31.3 Å². The number of nitrogens with zero attached hydrogens (tertiary/aromatic N) is 2. The maximum absolute atomic E-state index is 13.1. The van der Waals surface area contributed by atoms with Gasteiger partial charge < -0.3 is 20.3 Å². The topological polar surface area (TPSA) is 108 Å². The van der Waals surface area contributed by atoms with E-state index in [0.29, 0.717) is 37.6 Å². The predicted octanol–water partition coefficient (Wildman–Crippen LogP) is 1.06. The Morgan fingerprint density at radius 3 is 2.44 bits per heavy atom. The highest BCUT2D eigenvalue weighted by molar-refractivity contribution is 7.89. The van der Waals surface area contributed by atoms with Crippen molar-refractivity contribution in [3.63, 3.8) is 0 Å². The number of carbonyl (C=O) groups is 2. The summed E-state index contributed by atoms with van der Waals surface area (Å²) in [5.74, 6) is -0.609. The normalized spacial score (nSPS) is 14.3. The first kappa shape index (κ1) is 23.7. The molecule has 0 bridgehead atoms. The van der Waals surface area contributed by atoms with E-state index in [4.69, 9.17) is 4.74 Å². The molecule has 0 saturated carbocycles. The maximum atomic E-state index is 13.1. The van der Waals surface area contributed by atoms with Crippen LogP contribution in [0.4, 0.5) is 5.69 Å². The van der Waals surface area contributed by atoms with E-state index in [9.17, 15) is 18.0 Å². The summed E-state index contributed by atoms with van der Waals surface area (Å²) in [5.41, 5.74) is 2.18. The van der Waals surface area contributed by atoms with Gasteiger partial charge in [-0.2, -0.15) is 0 Å². The summed E-state index contributed by atoms with van der Waals surface area (Å²) in [6.07, 6.45) is 0. The van der Waals surface area contributed by atoms with Gasteiger partial charge in [-0.1, -0.05) is 12.1 Å². The Morgan fingerprint density at radius 2 is 1.78 bits per heavy atom. The molecule has 2 aromatic carbocycles. The minimum Gasteiger partial charge on any atom is -0.378 e. The minimum atomic E-state index is -3.70. The molecule has 1 aliphatic rings. The molecule has 10 heteroatoms. The Morgan fingerprint density at radius 1 is 1.06 bits per heavy atom. The molecule has 172 valence electrons. The second kappa shape index (κ2) is 10.1. The SMILES string of the molecule is CNC(=O)c1cccc(CNC(=O)c2cc(S(=O)(=O)N(C)C)ccc2N2CCOCC2)c1. The summed E-state index contributed by atoms with van der Waals surface area (Å²) in [6.45, 7) is 2.47. The van der Waals surface area contributed by atoms with E-state index in [1.165, 1.54) is 26.2 Å². The number of nitrogens with one attached hydrogen (secondary N) is 2. The van der Waals surface area contributed by atoms with Crippen LogP contribution in [-0.4, -0.2) is 72.0 Å². The zero-order valence-electron chi connectivity index (χ0n) is 18.4. The number of ether oxygens (including phenoxy) is 1. The van der Waals surface area contributed by atoms with Crippen molar-refractivity contribution >= 4 is 27.5 Å². The highest BCUT2D eigenvalue weighted by Gasteiger charge is 2.24. The van der Waals surface area contributed by atoms with Crippen LogP contribution < -0.4 is 15.5 Å². The van der Waals surface area contributed by atoms with Crippen LogP contribution in [0.5, 0.6) is 0 Å². The van der Waals surface area contributed by atoms with E-state index >= 15 is 0 Å². The Balaban J connectivity index is 1.89. The molecule has 3 rings (SSSR count). The molecule has 0 unspecified atom stereocenters. The Bertz CT molecular complexity index is 1100. The van der Waals surface area contributed by atoms with Gasteiger partial charge in [0.2, 0.25) is 10.0 Å². The number of anilines is 1. The van der Waals surface area contributed by atoms with Crippen LogP contribution in [0.15, 0.2) is 47.4 Å². The van der Waals surface area contributed by atoms with Crippen molar-refractivity contribution < 1.29 is 22.7 Å². The van der Waals surface area contributed by atoms with E-state index < -0.39 is 15.9 Å². The smallest absolute Gasteiger partial charge is 0.253 e. The van der Waals surface area contributed by atoms with Crippen molar-refractivity contribution in [1.29, 1.82) is 0 Å². The van der Waals surface area contributed by atoms with Crippen LogP contribution in [-0.2, 0) is 21.3 Å². The molecule has 0 radical (unpaired) electrons. The summed E-state index contributed by atoms with van der Waals surface area (Å²) in [5, 5.41) is 5.42. The largest absolute Gasteiger partial charge is 0.378 e. The van der Waals surface area contributed by atoms with Crippen molar-refractivity contribution in [1.82, 2.24) is 14.9 Å². The standard InChI is InChI=1S/C22H28N4O5S/c1-23-21(27)17-6-4-5-16(13-17)15-24-22(28)19-14-18(32(29,30)25(2)3)7-8-20(19)26-9-11-31-12-10-26/h4-8,13-14H,9-12,15H2,1-3H3,(H,23,27)(H,24,28). The molecule has 0 spiro atoms. The van der Waals surface area contributed by atoms with Gasteiger partial charge in [0.25, 0.3) is 11.8 Å². The lowest BCUT2D eigenvalue weighted by Crippen LogP contribution is -2.38. The van der Waals surface area contributed by atoms with Gasteiger partial charge in [-0.05, 0) is 35.9 Å². The maximum Gasteiger partial charge on any atom is 0.253 e. The number of morpholine rings is 1. The number of hydrogen-bond acceptors (Lipinski definition) is 6. The lowest BCUT2D eigenvalue weighted by atomic mass is 10.1. The third-order valence-corrected chi connectivity index (χ3v) is 7.02. The molecule has 1 saturated heterocycles. The Kier molecular flexibility index (Phi) is 7.49. The first-order chi connectivity index (χ1) is 15.2. The fourth-order valence-corrected chi connectivity index (χ4v) is 4.32. The summed E-state index contributed by atoms with van der Waals surface area (Å²) in [6, 6.07) is 11.5. The number of amides is 2. The summed E-state index contributed by atoms with van der Waals surface area (Å²) in [4.78, 5) is 27.1. The van der Waals surface area contributed by atoms with Gasteiger partial charge in [0.05, 0.1) is 23.7 Å². The lowest BCUT2D eigenvalue weighted by Gasteiger charge is -2.30. The number of sulfonamides is 1. The minimum absolute atomic E-state index is 0.0475. The van der Waals surface area contributed by atoms with Crippen molar-refractivity contribution in [3.8, 4) is 0 Å². The zero-order valence-corrected chi connectivity index (χ0v) is 19.2. The van der Waals surface area contributed by atoms with Gasteiger partial charge in [-0.3, -0.25) is 9.59 Å². The average molecular weight is 461 g/mol. The highest BCUT2D eigenvalue weighted by Crippen LogP contribution is 2.26. The van der Waals surface area contributed by atoms with Gasteiger partial charge >= 0.3 is 0 Å². The zero-order chi connectivity index (χ0) is 23.3. The van der Waals surface area contributed by atoms with Crippen molar-refractivity contribution in [2.45, 2.75) is 11.4 Å². The molecular formula is C22H28N4O5S. The summed E-state index contributed by atoms with van der Waals surface area (Å²) >= 11 is 0. The first-order valence-electron chi connectivity index (χ1n) is 10.2. The molecule has 0 atom stereocenters.